The third-order valence-electron chi connectivity index (χ3n) is 6.43. The summed E-state index contributed by atoms with van der Waals surface area (Å²) in [5.74, 6) is 1.53. The molecule has 2 aromatic heterocycles. The first-order valence-corrected chi connectivity index (χ1v) is 14.9. The lowest BCUT2D eigenvalue weighted by Gasteiger charge is -2.07. The Morgan fingerprint density at radius 1 is 0.610 bits per heavy atom. The fourth-order valence-electron chi connectivity index (χ4n) is 4.15. The van der Waals surface area contributed by atoms with Crippen LogP contribution in [0.3, 0.4) is 0 Å². The Hall–Kier alpha value is -3.50. The molecule has 0 bridgehead atoms. The molecule has 2 aromatic carbocycles. The third-order valence-corrected chi connectivity index (χ3v) is 8.10. The van der Waals surface area contributed by atoms with Crippen molar-refractivity contribution in [2.45, 2.75) is 44.9 Å². The highest BCUT2D eigenvalue weighted by atomic mass is 32.1. The average molecular weight is 595 g/mol. The molecule has 0 unspecified atom stereocenters. The van der Waals surface area contributed by atoms with E-state index < -0.39 is 0 Å². The van der Waals surface area contributed by atoms with Crippen LogP contribution >= 0.6 is 22.7 Å². The number of methoxy groups -OCH3 is 2. The highest BCUT2D eigenvalue weighted by Crippen LogP contribution is 2.32. The summed E-state index contributed by atoms with van der Waals surface area (Å²) in [5.41, 5.74) is 4.03. The number of thiazole rings is 2. The van der Waals surface area contributed by atoms with Gasteiger partial charge in [0.05, 0.1) is 38.5 Å². The number of rotatable bonds is 14. The maximum absolute atomic E-state index is 5.57. The van der Waals surface area contributed by atoms with Crippen LogP contribution in [-0.4, -0.2) is 14.2 Å². The fraction of sp³-hybridized carbons (Fsp3) is 0.355. The lowest BCUT2D eigenvalue weighted by Crippen LogP contribution is -2.23. The summed E-state index contributed by atoms with van der Waals surface area (Å²) in [4.78, 5) is 0. The van der Waals surface area contributed by atoms with Crippen LogP contribution in [0.15, 0.2) is 80.0 Å². The Morgan fingerprint density at radius 3 is 1.39 bits per heavy atom. The normalized spacial score (nSPS) is 11.0. The van der Waals surface area contributed by atoms with E-state index in [2.05, 4.69) is 44.7 Å². The van der Waals surface area contributed by atoms with Gasteiger partial charge in [0.1, 0.15) is 23.9 Å². The smallest absolute Gasteiger partial charge is 0.408 e. The van der Waals surface area contributed by atoms with Crippen LogP contribution in [-0.2, 0) is 26.9 Å². The molecule has 4 aromatic rings. The summed E-state index contributed by atoms with van der Waals surface area (Å²) >= 11 is 3.11. The number of aromatic nitrogens is 2. The molecule has 4 rings (SSSR count). The topological polar surface area (TPSA) is 75.7 Å². The van der Waals surface area contributed by atoms with Gasteiger partial charge >= 0.3 is 10.3 Å². The highest BCUT2D eigenvalue weighted by molar-refractivity contribution is 7.13. The van der Waals surface area contributed by atoms with Crippen molar-refractivity contribution in [3.63, 3.8) is 0 Å². The van der Waals surface area contributed by atoms with Gasteiger partial charge in [-0.15, -0.1) is 0 Å². The van der Waals surface area contributed by atoms with Crippen LogP contribution in [0.5, 0.6) is 11.5 Å². The molecule has 0 fully saturated rings. The third kappa shape index (κ3) is 9.82. The number of nitrogens with zero attached hydrogens (tertiary/aromatic N) is 6. The Kier molecular flexibility index (Phi) is 14.3. The number of hydrogen-bond donors (Lipinski definition) is 0. The number of hydrogen-bond acceptors (Lipinski definition) is 8. The van der Waals surface area contributed by atoms with Crippen molar-refractivity contribution in [3.8, 4) is 11.5 Å². The molecule has 8 nitrogen and oxygen atoms in total. The molecule has 0 atom stereocenters. The molecule has 0 N–H and O–H groups in total. The van der Waals surface area contributed by atoms with Crippen molar-refractivity contribution in [2.24, 2.45) is 34.6 Å². The second-order valence-electron chi connectivity index (χ2n) is 9.27. The zero-order valence-electron chi connectivity index (χ0n) is 25.0. The minimum absolute atomic E-state index is 0. The summed E-state index contributed by atoms with van der Waals surface area (Å²) in [6.07, 6.45) is 12.0. The molecule has 220 valence electrons. The molecular formula is C31H42N6O2S2. The Labute approximate surface area is 253 Å². The first kappa shape index (κ1) is 33.7. The molecular weight excluding hydrogens is 553 g/mol. The second kappa shape index (κ2) is 17.3. The monoisotopic (exact) mass is 594 g/mol. The van der Waals surface area contributed by atoms with Crippen LogP contribution < -0.4 is 18.6 Å². The molecule has 0 saturated carbocycles. The van der Waals surface area contributed by atoms with Gasteiger partial charge < -0.3 is 24.3 Å². The Balaban J connectivity index is 0.00000294. The van der Waals surface area contributed by atoms with Crippen LogP contribution in [0.4, 0.5) is 21.6 Å². The van der Waals surface area contributed by atoms with Crippen LogP contribution in [0.1, 0.15) is 43.2 Å². The average Bonchev–Trinajstić information content (AvgIpc) is 3.57. The van der Waals surface area contributed by atoms with Gasteiger partial charge in [0.25, 0.3) is 0 Å². The van der Waals surface area contributed by atoms with E-state index in [-0.39, 0.29) is 14.9 Å². The summed E-state index contributed by atoms with van der Waals surface area (Å²) < 4.78 is 15.0. The zero-order chi connectivity index (χ0) is 27.5. The number of ether oxygens (including phenoxy) is 2. The van der Waals surface area contributed by atoms with Gasteiger partial charge in [-0.2, -0.15) is 0 Å². The van der Waals surface area contributed by atoms with Crippen LogP contribution in [0, 0.1) is 14.9 Å². The Bertz CT molecular complexity index is 1310. The number of aryl methyl sites for hydroxylation is 4. The van der Waals surface area contributed by atoms with Gasteiger partial charge in [0, 0.05) is 10.8 Å². The van der Waals surface area contributed by atoms with Gasteiger partial charge in [-0.25, -0.2) is 9.13 Å². The predicted octanol–water partition coefficient (Wildman–Crippen LogP) is 8.94. The van der Waals surface area contributed by atoms with Crippen molar-refractivity contribution >= 4 is 44.3 Å². The Morgan fingerprint density at radius 2 is 1.02 bits per heavy atom. The van der Waals surface area contributed by atoms with Gasteiger partial charge in [0.2, 0.25) is 0 Å². The fourth-order valence-corrected chi connectivity index (χ4v) is 5.51. The van der Waals surface area contributed by atoms with E-state index in [1.165, 1.54) is 30.4 Å². The first-order valence-electron chi connectivity index (χ1n) is 13.1. The van der Waals surface area contributed by atoms with E-state index in [9.17, 15) is 0 Å². The van der Waals surface area contributed by atoms with E-state index in [1.807, 2.05) is 58.5 Å². The van der Waals surface area contributed by atoms with Crippen LogP contribution in [0.25, 0.3) is 0 Å². The quantitative estimate of drug-likeness (QED) is 0.0632. The first-order chi connectivity index (χ1) is 19.1. The van der Waals surface area contributed by atoms with Crippen molar-refractivity contribution in [1.82, 2.24) is 0 Å². The largest absolute Gasteiger partial charge is 0.494 e. The van der Waals surface area contributed by atoms with E-state index >= 15 is 0 Å². The van der Waals surface area contributed by atoms with Gasteiger partial charge in [-0.05, 0) is 94.0 Å². The molecule has 0 saturated heterocycles. The minimum Gasteiger partial charge on any atom is -0.494 e. The summed E-state index contributed by atoms with van der Waals surface area (Å²) in [6, 6.07) is 12.4. The number of benzene rings is 2. The SMILES string of the molecule is COc1cc(CCCCCCCc2ccc(N=Nc3scc[n+]3C)c(OC)c2)ccc1N=Nc1scc[n+]1C.[CH3-].[CH3-]. The molecule has 0 aliphatic carbocycles. The number of azo groups is 2. The second-order valence-corrected chi connectivity index (χ2v) is 11.0. The lowest BCUT2D eigenvalue weighted by atomic mass is 10.0. The molecule has 0 spiro atoms. The predicted molar refractivity (Wildman–Crippen MR) is 169 cm³/mol. The molecule has 2 heterocycles. The van der Waals surface area contributed by atoms with E-state index in [1.54, 1.807) is 36.9 Å². The van der Waals surface area contributed by atoms with Crippen molar-refractivity contribution in [3.05, 3.63) is 85.5 Å². The minimum atomic E-state index is 0. The molecule has 10 heteroatoms. The zero-order valence-corrected chi connectivity index (χ0v) is 26.7. The molecule has 41 heavy (non-hydrogen) atoms. The van der Waals surface area contributed by atoms with E-state index in [0.29, 0.717) is 0 Å². The standard InChI is InChI=1S/C29H36N6O2S2.2CH3/c1-34-16-18-38-28(34)32-30-24-14-12-22(20-26(24)36-3)10-8-6-5-7-9-11-23-13-15-25(27(21-23)37-4)31-33-29-35(2)17-19-39-29;;/h12-21H,5-11H2,1-4H3;2*1H3/q+2;2*-1. The van der Waals surface area contributed by atoms with Gasteiger partial charge in [0.15, 0.2) is 11.4 Å². The lowest BCUT2D eigenvalue weighted by molar-refractivity contribution is -0.654. The summed E-state index contributed by atoms with van der Waals surface area (Å²) in [7, 11) is 7.28. The van der Waals surface area contributed by atoms with Crippen molar-refractivity contribution in [1.29, 1.82) is 0 Å². The van der Waals surface area contributed by atoms with Gasteiger partial charge in [-0.3, -0.25) is 0 Å². The van der Waals surface area contributed by atoms with Crippen molar-refractivity contribution < 1.29 is 18.6 Å². The summed E-state index contributed by atoms with van der Waals surface area (Å²) in [5, 5.41) is 23.1. The van der Waals surface area contributed by atoms with E-state index in [0.717, 1.165) is 58.8 Å². The van der Waals surface area contributed by atoms with Crippen LogP contribution in [0.2, 0.25) is 0 Å². The molecule has 0 radical (unpaired) electrons. The van der Waals surface area contributed by atoms with E-state index in [4.69, 9.17) is 9.47 Å². The highest BCUT2D eigenvalue weighted by Gasteiger charge is 2.12. The maximum atomic E-state index is 5.57. The molecule has 0 aliphatic heterocycles. The maximum Gasteiger partial charge on any atom is 0.408 e. The molecule has 0 aliphatic rings. The van der Waals surface area contributed by atoms with Crippen molar-refractivity contribution in [2.75, 3.05) is 14.2 Å². The molecule has 0 amide bonds. The van der Waals surface area contributed by atoms with Gasteiger partial charge in [-0.1, -0.05) is 31.4 Å². The number of unbranched alkanes of at least 4 members (excludes halogenated alkanes) is 4. The summed E-state index contributed by atoms with van der Waals surface area (Å²) in [6.45, 7) is 0.